The fraction of sp³-hybridized carbons (Fsp3) is 0.600. The predicted molar refractivity (Wildman–Crippen MR) is 48.1 cm³/mol. The van der Waals surface area contributed by atoms with Crippen LogP contribution in [0.15, 0.2) is 23.8 Å². The Kier molecular flexibility index (Phi) is 5.00. The van der Waals surface area contributed by atoms with Crippen molar-refractivity contribution in [3.05, 3.63) is 23.8 Å². The molecular weight excluding hydrogens is 120 g/mol. The normalized spacial score (nSPS) is 12.7. The Labute approximate surface area is 64.6 Å². The minimum atomic E-state index is 1.15. The monoisotopic (exact) mass is 138 g/mol. The van der Waals surface area contributed by atoms with Crippen molar-refractivity contribution >= 4 is 0 Å². The highest BCUT2D eigenvalue weighted by molar-refractivity contribution is 5.22. The van der Waals surface area contributed by atoms with Crippen molar-refractivity contribution in [3.8, 4) is 0 Å². The van der Waals surface area contributed by atoms with Gasteiger partial charge in [-0.3, -0.25) is 0 Å². The van der Waals surface area contributed by atoms with Crippen LogP contribution in [0.5, 0.6) is 0 Å². The van der Waals surface area contributed by atoms with E-state index in [2.05, 4.69) is 27.4 Å². The number of allylic oxidation sites excluding steroid dienone is 3. The number of hydrogen-bond acceptors (Lipinski definition) is 0. The van der Waals surface area contributed by atoms with E-state index in [1.165, 1.54) is 24.0 Å². The zero-order valence-electron chi connectivity index (χ0n) is 7.41. The van der Waals surface area contributed by atoms with Gasteiger partial charge in [0.25, 0.3) is 0 Å². The van der Waals surface area contributed by atoms with Gasteiger partial charge in [0.05, 0.1) is 0 Å². The van der Waals surface area contributed by atoms with Crippen molar-refractivity contribution in [2.24, 2.45) is 0 Å². The molecule has 0 amide bonds. The summed E-state index contributed by atoms with van der Waals surface area (Å²) < 4.78 is 0. The van der Waals surface area contributed by atoms with Crippen LogP contribution in [0.25, 0.3) is 0 Å². The Morgan fingerprint density at radius 1 is 1.40 bits per heavy atom. The fourth-order valence-corrected chi connectivity index (χ4v) is 0.986. The van der Waals surface area contributed by atoms with Crippen LogP contribution in [-0.2, 0) is 0 Å². The molecule has 58 valence electrons. The predicted octanol–water partition coefficient (Wildman–Crippen LogP) is 3.70. The minimum Gasteiger partial charge on any atom is -0.0988 e. The largest absolute Gasteiger partial charge is 0.0988 e. The molecule has 0 aromatic heterocycles. The van der Waals surface area contributed by atoms with Crippen molar-refractivity contribution < 1.29 is 0 Å². The zero-order chi connectivity index (χ0) is 7.98. The van der Waals surface area contributed by atoms with Gasteiger partial charge in [-0.1, -0.05) is 38.5 Å². The molecule has 0 spiro atoms. The summed E-state index contributed by atoms with van der Waals surface area (Å²) in [5, 5.41) is 0. The lowest BCUT2D eigenvalue weighted by atomic mass is 10.0. The molecule has 0 heterocycles. The Bertz CT molecular complexity index is 129. The van der Waals surface area contributed by atoms with Gasteiger partial charge in [-0.15, -0.1) is 0 Å². The standard InChI is InChI=1S/C10H18/c1-5-8-10(7-3)9(4)6-2/h7H,3,5-6,8H2,1-2,4H3/b10-9-. The molecule has 0 aliphatic rings. The molecule has 0 N–H and O–H groups in total. The maximum Gasteiger partial charge on any atom is -0.0282 e. The van der Waals surface area contributed by atoms with Crippen molar-refractivity contribution in [1.82, 2.24) is 0 Å². The third-order valence-corrected chi connectivity index (χ3v) is 1.84. The number of rotatable bonds is 4. The van der Waals surface area contributed by atoms with Crippen LogP contribution in [0.1, 0.15) is 40.0 Å². The molecular formula is C10H18. The van der Waals surface area contributed by atoms with Crippen LogP contribution in [0.2, 0.25) is 0 Å². The topological polar surface area (TPSA) is 0 Å². The summed E-state index contributed by atoms with van der Waals surface area (Å²) in [6, 6.07) is 0. The molecule has 0 radical (unpaired) electrons. The van der Waals surface area contributed by atoms with Gasteiger partial charge in [0, 0.05) is 0 Å². The van der Waals surface area contributed by atoms with Crippen LogP contribution in [0, 0.1) is 0 Å². The first-order valence-corrected chi connectivity index (χ1v) is 4.07. The average molecular weight is 138 g/mol. The third-order valence-electron chi connectivity index (χ3n) is 1.84. The van der Waals surface area contributed by atoms with Gasteiger partial charge in [0.15, 0.2) is 0 Å². The molecule has 0 aliphatic carbocycles. The summed E-state index contributed by atoms with van der Waals surface area (Å²) >= 11 is 0. The first-order chi connectivity index (χ1) is 4.76. The molecule has 0 unspecified atom stereocenters. The Morgan fingerprint density at radius 2 is 2.00 bits per heavy atom. The molecule has 0 aliphatic heterocycles. The SMILES string of the molecule is C=C/C(CCC)=C(\C)CC. The van der Waals surface area contributed by atoms with Gasteiger partial charge < -0.3 is 0 Å². The second-order valence-corrected chi connectivity index (χ2v) is 2.61. The van der Waals surface area contributed by atoms with Gasteiger partial charge in [-0.05, 0) is 25.3 Å². The highest BCUT2D eigenvalue weighted by Gasteiger charge is 1.93. The van der Waals surface area contributed by atoms with E-state index in [-0.39, 0.29) is 0 Å². The lowest BCUT2D eigenvalue weighted by Crippen LogP contribution is -1.83. The van der Waals surface area contributed by atoms with E-state index >= 15 is 0 Å². The summed E-state index contributed by atoms with van der Waals surface area (Å²) in [5.41, 5.74) is 2.92. The van der Waals surface area contributed by atoms with E-state index in [1.807, 2.05) is 6.08 Å². The molecule has 0 saturated carbocycles. The third kappa shape index (κ3) is 2.86. The fourth-order valence-electron chi connectivity index (χ4n) is 0.986. The highest BCUT2D eigenvalue weighted by Crippen LogP contribution is 2.13. The van der Waals surface area contributed by atoms with E-state index in [4.69, 9.17) is 0 Å². The van der Waals surface area contributed by atoms with Gasteiger partial charge in [-0.2, -0.15) is 0 Å². The van der Waals surface area contributed by atoms with Crippen molar-refractivity contribution in [2.45, 2.75) is 40.0 Å². The highest BCUT2D eigenvalue weighted by atomic mass is 14.0. The summed E-state index contributed by atoms with van der Waals surface area (Å²) in [7, 11) is 0. The Balaban J connectivity index is 4.14. The molecule has 0 nitrogen and oxygen atoms in total. The molecule has 0 saturated heterocycles. The molecule has 0 aromatic rings. The zero-order valence-corrected chi connectivity index (χ0v) is 7.41. The quantitative estimate of drug-likeness (QED) is 0.520. The minimum absolute atomic E-state index is 1.15. The molecule has 0 bridgehead atoms. The smallest absolute Gasteiger partial charge is 0.0282 e. The Morgan fingerprint density at radius 3 is 2.30 bits per heavy atom. The summed E-state index contributed by atoms with van der Waals surface area (Å²) in [4.78, 5) is 0. The van der Waals surface area contributed by atoms with Crippen LogP contribution in [0.3, 0.4) is 0 Å². The van der Waals surface area contributed by atoms with Crippen LogP contribution < -0.4 is 0 Å². The van der Waals surface area contributed by atoms with Crippen molar-refractivity contribution in [2.75, 3.05) is 0 Å². The van der Waals surface area contributed by atoms with Crippen molar-refractivity contribution in [1.29, 1.82) is 0 Å². The first-order valence-electron chi connectivity index (χ1n) is 4.07. The molecule has 0 atom stereocenters. The average Bonchev–Trinajstić information content (AvgIpc) is 1.99. The summed E-state index contributed by atoms with van der Waals surface area (Å²) in [5.74, 6) is 0. The summed E-state index contributed by atoms with van der Waals surface area (Å²) in [6.07, 6.45) is 5.55. The second kappa shape index (κ2) is 5.28. The van der Waals surface area contributed by atoms with Crippen LogP contribution in [0.4, 0.5) is 0 Å². The first kappa shape index (κ1) is 9.48. The van der Waals surface area contributed by atoms with Gasteiger partial charge in [0.1, 0.15) is 0 Å². The molecule has 0 heteroatoms. The van der Waals surface area contributed by atoms with Crippen LogP contribution in [-0.4, -0.2) is 0 Å². The van der Waals surface area contributed by atoms with E-state index in [0.29, 0.717) is 0 Å². The van der Waals surface area contributed by atoms with Crippen LogP contribution >= 0.6 is 0 Å². The maximum absolute atomic E-state index is 3.79. The lowest BCUT2D eigenvalue weighted by molar-refractivity contribution is 0.897. The van der Waals surface area contributed by atoms with Gasteiger partial charge >= 0.3 is 0 Å². The maximum atomic E-state index is 3.79. The van der Waals surface area contributed by atoms with E-state index in [0.717, 1.165) is 6.42 Å². The molecule has 0 aromatic carbocycles. The lowest BCUT2D eigenvalue weighted by Gasteiger charge is -2.03. The molecule has 0 fully saturated rings. The second-order valence-electron chi connectivity index (χ2n) is 2.61. The van der Waals surface area contributed by atoms with E-state index < -0.39 is 0 Å². The number of hydrogen-bond donors (Lipinski definition) is 0. The van der Waals surface area contributed by atoms with E-state index in [9.17, 15) is 0 Å². The molecule has 10 heavy (non-hydrogen) atoms. The van der Waals surface area contributed by atoms with E-state index in [1.54, 1.807) is 0 Å². The van der Waals surface area contributed by atoms with Gasteiger partial charge in [-0.25, -0.2) is 0 Å². The summed E-state index contributed by atoms with van der Waals surface area (Å²) in [6.45, 7) is 10.4. The van der Waals surface area contributed by atoms with Gasteiger partial charge in [0.2, 0.25) is 0 Å². The van der Waals surface area contributed by atoms with Crippen molar-refractivity contribution in [3.63, 3.8) is 0 Å². The Hall–Kier alpha value is -0.520. The molecule has 0 rings (SSSR count).